The van der Waals surface area contributed by atoms with Gasteiger partial charge in [-0.1, -0.05) is 13.8 Å². The lowest BCUT2D eigenvalue weighted by molar-refractivity contribution is 0.395. The molecular weight excluding hydrogens is 323 g/mol. The van der Waals surface area contributed by atoms with Crippen molar-refractivity contribution in [1.29, 1.82) is 0 Å². The maximum atomic E-state index is 3.65. The van der Waals surface area contributed by atoms with Gasteiger partial charge in [-0.25, -0.2) is 0 Å². The summed E-state index contributed by atoms with van der Waals surface area (Å²) in [5, 5.41) is 3.65. The van der Waals surface area contributed by atoms with Crippen LogP contribution in [-0.4, -0.2) is 25.2 Å². The van der Waals surface area contributed by atoms with Crippen LogP contribution in [0.2, 0.25) is 0 Å². The van der Waals surface area contributed by atoms with E-state index in [0.29, 0.717) is 12.1 Å². The fraction of sp³-hybridized carbons (Fsp3) is 0.571. The maximum Gasteiger partial charge on any atom is 0.0367 e. The van der Waals surface area contributed by atoms with E-state index >= 15 is 0 Å². The number of benzene rings is 1. The van der Waals surface area contributed by atoms with Crippen LogP contribution in [-0.2, 0) is 0 Å². The average Bonchev–Trinajstić information content (AvgIpc) is 2.29. The standard InChI is InChI=1S/C14H21IN2/c1-11(2)16-13-4-3-9-17(10-13)14-7-5-12(15)6-8-14/h5-8,11,13,16H,3-4,9-10H2,1-2H3. The molecule has 1 saturated heterocycles. The Labute approximate surface area is 118 Å². The Bertz CT molecular complexity index is 348. The first kappa shape index (κ1) is 13.1. The summed E-state index contributed by atoms with van der Waals surface area (Å²) in [5.74, 6) is 0. The molecule has 2 rings (SSSR count). The molecule has 94 valence electrons. The van der Waals surface area contributed by atoms with Gasteiger partial charge in [-0.05, 0) is 59.7 Å². The zero-order valence-electron chi connectivity index (χ0n) is 10.6. The Balaban J connectivity index is 1.99. The molecule has 1 N–H and O–H groups in total. The van der Waals surface area contributed by atoms with Crippen LogP contribution in [0.15, 0.2) is 24.3 Å². The quantitative estimate of drug-likeness (QED) is 0.847. The molecular formula is C14H21IN2. The van der Waals surface area contributed by atoms with E-state index in [1.165, 1.54) is 28.6 Å². The molecule has 0 aromatic heterocycles. The summed E-state index contributed by atoms with van der Waals surface area (Å²) in [7, 11) is 0. The van der Waals surface area contributed by atoms with Crippen LogP contribution in [0, 0.1) is 3.57 Å². The molecule has 1 aromatic rings. The molecule has 1 aliphatic heterocycles. The maximum absolute atomic E-state index is 3.65. The molecule has 1 unspecified atom stereocenters. The lowest BCUT2D eigenvalue weighted by Gasteiger charge is -2.35. The van der Waals surface area contributed by atoms with Crippen LogP contribution in [0.3, 0.4) is 0 Å². The van der Waals surface area contributed by atoms with E-state index in [4.69, 9.17) is 0 Å². The zero-order chi connectivity index (χ0) is 12.3. The van der Waals surface area contributed by atoms with E-state index in [2.05, 4.69) is 70.9 Å². The average molecular weight is 344 g/mol. The highest BCUT2D eigenvalue weighted by atomic mass is 127. The Kier molecular flexibility index (Phi) is 4.68. The highest BCUT2D eigenvalue weighted by Gasteiger charge is 2.20. The van der Waals surface area contributed by atoms with Crippen molar-refractivity contribution in [2.24, 2.45) is 0 Å². The predicted octanol–water partition coefficient (Wildman–Crippen LogP) is 3.26. The van der Waals surface area contributed by atoms with E-state index in [0.717, 1.165) is 6.54 Å². The third-order valence-electron chi connectivity index (χ3n) is 3.18. The monoisotopic (exact) mass is 344 g/mol. The number of halogens is 1. The fourth-order valence-corrected chi connectivity index (χ4v) is 2.83. The molecule has 3 heteroatoms. The van der Waals surface area contributed by atoms with Crippen LogP contribution >= 0.6 is 22.6 Å². The number of anilines is 1. The van der Waals surface area contributed by atoms with Crippen LogP contribution in [0.5, 0.6) is 0 Å². The summed E-state index contributed by atoms with van der Waals surface area (Å²) in [5.41, 5.74) is 1.36. The topological polar surface area (TPSA) is 15.3 Å². The van der Waals surface area contributed by atoms with Gasteiger partial charge in [0.15, 0.2) is 0 Å². The second-order valence-corrected chi connectivity index (χ2v) is 6.33. The first-order valence-corrected chi connectivity index (χ1v) is 7.49. The van der Waals surface area contributed by atoms with Gasteiger partial charge in [0.2, 0.25) is 0 Å². The molecule has 1 heterocycles. The number of rotatable bonds is 3. The molecule has 1 atom stereocenters. The van der Waals surface area contributed by atoms with E-state index in [1.54, 1.807) is 0 Å². The fourth-order valence-electron chi connectivity index (χ4n) is 2.47. The summed E-state index contributed by atoms with van der Waals surface area (Å²) in [4.78, 5) is 2.50. The number of piperidine rings is 1. The third kappa shape index (κ3) is 3.85. The Morgan fingerprint density at radius 2 is 2.00 bits per heavy atom. The van der Waals surface area contributed by atoms with Crippen LogP contribution in [0.25, 0.3) is 0 Å². The van der Waals surface area contributed by atoms with Gasteiger partial charge in [-0.3, -0.25) is 0 Å². The van der Waals surface area contributed by atoms with Crippen molar-refractivity contribution < 1.29 is 0 Å². The van der Waals surface area contributed by atoms with Gasteiger partial charge in [0, 0.05) is 34.4 Å². The summed E-state index contributed by atoms with van der Waals surface area (Å²) in [6.45, 7) is 6.78. The summed E-state index contributed by atoms with van der Waals surface area (Å²) in [6.07, 6.45) is 2.59. The summed E-state index contributed by atoms with van der Waals surface area (Å²) < 4.78 is 1.31. The van der Waals surface area contributed by atoms with Crippen molar-refractivity contribution in [3.63, 3.8) is 0 Å². The number of hydrogen-bond acceptors (Lipinski definition) is 2. The molecule has 1 aliphatic rings. The molecule has 2 nitrogen and oxygen atoms in total. The van der Waals surface area contributed by atoms with Crippen molar-refractivity contribution in [3.05, 3.63) is 27.8 Å². The molecule has 0 spiro atoms. The third-order valence-corrected chi connectivity index (χ3v) is 3.90. The van der Waals surface area contributed by atoms with E-state index in [9.17, 15) is 0 Å². The van der Waals surface area contributed by atoms with Gasteiger partial charge in [0.25, 0.3) is 0 Å². The SMILES string of the molecule is CC(C)NC1CCCN(c2ccc(I)cc2)C1. The highest BCUT2D eigenvalue weighted by Crippen LogP contribution is 2.21. The lowest BCUT2D eigenvalue weighted by Crippen LogP contribution is -2.47. The van der Waals surface area contributed by atoms with Crippen molar-refractivity contribution >= 4 is 28.3 Å². The van der Waals surface area contributed by atoms with Gasteiger partial charge in [0.1, 0.15) is 0 Å². The molecule has 17 heavy (non-hydrogen) atoms. The van der Waals surface area contributed by atoms with Crippen LogP contribution in [0.4, 0.5) is 5.69 Å². The largest absolute Gasteiger partial charge is 0.370 e. The smallest absolute Gasteiger partial charge is 0.0367 e. The van der Waals surface area contributed by atoms with Gasteiger partial charge < -0.3 is 10.2 Å². The molecule has 0 aliphatic carbocycles. The van der Waals surface area contributed by atoms with E-state index in [-0.39, 0.29) is 0 Å². The lowest BCUT2D eigenvalue weighted by atomic mass is 10.0. The van der Waals surface area contributed by atoms with Gasteiger partial charge in [0.05, 0.1) is 0 Å². The summed E-state index contributed by atoms with van der Waals surface area (Å²) in [6, 6.07) is 10.1. The number of nitrogens with zero attached hydrogens (tertiary/aromatic N) is 1. The van der Waals surface area contributed by atoms with Crippen LogP contribution < -0.4 is 10.2 Å². The zero-order valence-corrected chi connectivity index (χ0v) is 12.8. The molecule has 0 amide bonds. The van der Waals surface area contributed by atoms with Gasteiger partial charge in [-0.15, -0.1) is 0 Å². The Morgan fingerprint density at radius 1 is 1.29 bits per heavy atom. The van der Waals surface area contributed by atoms with Crippen molar-refractivity contribution in [2.45, 2.75) is 38.8 Å². The molecule has 1 aromatic carbocycles. The molecule has 0 saturated carbocycles. The minimum atomic E-state index is 0.580. The molecule has 0 radical (unpaired) electrons. The second-order valence-electron chi connectivity index (χ2n) is 5.08. The minimum absolute atomic E-state index is 0.580. The molecule has 1 fully saturated rings. The number of nitrogens with one attached hydrogen (secondary N) is 1. The minimum Gasteiger partial charge on any atom is -0.370 e. The number of hydrogen-bond donors (Lipinski definition) is 1. The van der Waals surface area contributed by atoms with E-state index in [1.807, 2.05) is 0 Å². The Morgan fingerprint density at radius 3 is 2.65 bits per heavy atom. The summed E-state index contributed by atoms with van der Waals surface area (Å²) >= 11 is 2.36. The van der Waals surface area contributed by atoms with Gasteiger partial charge in [-0.2, -0.15) is 0 Å². The van der Waals surface area contributed by atoms with Crippen molar-refractivity contribution in [3.8, 4) is 0 Å². The first-order valence-electron chi connectivity index (χ1n) is 6.41. The van der Waals surface area contributed by atoms with Crippen LogP contribution in [0.1, 0.15) is 26.7 Å². The van der Waals surface area contributed by atoms with E-state index < -0.39 is 0 Å². The van der Waals surface area contributed by atoms with Gasteiger partial charge >= 0.3 is 0 Å². The molecule has 0 bridgehead atoms. The normalized spacial score (nSPS) is 20.9. The Hall–Kier alpha value is -0.290. The van der Waals surface area contributed by atoms with Crippen molar-refractivity contribution in [1.82, 2.24) is 5.32 Å². The second kappa shape index (κ2) is 6.05. The predicted molar refractivity (Wildman–Crippen MR) is 82.7 cm³/mol. The first-order chi connectivity index (χ1) is 8.15. The van der Waals surface area contributed by atoms with Crippen molar-refractivity contribution in [2.75, 3.05) is 18.0 Å². The highest BCUT2D eigenvalue weighted by molar-refractivity contribution is 14.1.